The Morgan fingerprint density at radius 1 is 0.468 bits per heavy atom. The van der Waals surface area contributed by atoms with Gasteiger partial charge in [-0.2, -0.15) is 0 Å². The summed E-state index contributed by atoms with van der Waals surface area (Å²) in [6.07, 6.45) is -2.21. The van der Waals surface area contributed by atoms with E-state index in [2.05, 4.69) is 0 Å². The first-order chi connectivity index (χ1) is 21.7. The highest BCUT2D eigenvalue weighted by molar-refractivity contribution is 6.07. The summed E-state index contributed by atoms with van der Waals surface area (Å²) in [5, 5.41) is 0. The van der Waals surface area contributed by atoms with E-state index in [9.17, 15) is 28.8 Å². The summed E-state index contributed by atoms with van der Waals surface area (Å²) in [7, 11) is 0. The average molecular weight is 652 g/mol. The second-order valence-electron chi connectivity index (χ2n) is 16.0. The lowest BCUT2D eigenvalue weighted by Gasteiger charge is -2.39. The normalized spacial score (nSPS) is 27.9. The van der Waals surface area contributed by atoms with Crippen LogP contribution < -0.4 is 0 Å². The SMILES string of the molecule is CC.CC(C)(C)OC(=O)N1C(=O)C2C[C@@H]3c4c2c2c5c6c4[C@H](C[C@H]6N(C(=O)OC(C)(C)C)C(=O)[C@H]5C[C@H]21)C(=O)N3C(=O)OC(C)(C)C. The Bertz CT molecular complexity index is 1430. The third-order valence-corrected chi connectivity index (χ3v) is 9.48. The minimum atomic E-state index is -0.891. The van der Waals surface area contributed by atoms with Gasteiger partial charge in [0.1, 0.15) is 16.8 Å². The van der Waals surface area contributed by atoms with E-state index < -0.39 is 88.7 Å². The van der Waals surface area contributed by atoms with Gasteiger partial charge in [0.2, 0.25) is 17.7 Å². The molecule has 0 spiro atoms. The molecule has 0 saturated heterocycles. The molecule has 0 aromatic heterocycles. The van der Waals surface area contributed by atoms with Gasteiger partial charge in [-0.3, -0.25) is 14.4 Å². The van der Waals surface area contributed by atoms with Crippen LogP contribution in [-0.4, -0.2) is 67.5 Å². The van der Waals surface area contributed by atoms with Gasteiger partial charge in [0.25, 0.3) is 0 Å². The van der Waals surface area contributed by atoms with Crippen LogP contribution in [0.1, 0.15) is 165 Å². The summed E-state index contributed by atoms with van der Waals surface area (Å²) in [4.78, 5) is 87.2. The van der Waals surface area contributed by atoms with Gasteiger partial charge in [0.05, 0.1) is 35.9 Å². The quantitative estimate of drug-likeness (QED) is 0.283. The molecule has 7 rings (SSSR count). The fourth-order valence-corrected chi connectivity index (χ4v) is 8.38. The Labute approximate surface area is 275 Å². The highest BCUT2D eigenvalue weighted by Gasteiger charge is 2.65. The molecule has 1 aromatic rings. The Hall–Kier alpha value is -3.96. The lowest BCUT2D eigenvalue weighted by molar-refractivity contribution is -0.138. The van der Waals surface area contributed by atoms with Crippen LogP contribution >= 0.6 is 0 Å². The van der Waals surface area contributed by atoms with Gasteiger partial charge in [-0.05, 0) is 115 Å². The highest BCUT2D eigenvalue weighted by atomic mass is 16.6. The molecule has 0 saturated carbocycles. The Balaban J connectivity index is 0.00000190. The first-order valence-corrected chi connectivity index (χ1v) is 16.6. The number of amides is 6. The van der Waals surface area contributed by atoms with Crippen molar-refractivity contribution in [3.63, 3.8) is 0 Å². The Kier molecular flexibility index (Phi) is 7.20. The summed E-state index contributed by atoms with van der Waals surface area (Å²) in [6, 6.07) is -2.39. The molecular formula is C35H45N3O9. The molecule has 12 heteroatoms. The van der Waals surface area contributed by atoms with E-state index in [1.807, 2.05) is 13.8 Å². The minimum absolute atomic E-state index is 0.0832. The number of carbonyl (C=O) groups excluding carboxylic acids is 6. The zero-order valence-electron chi connectivity index (χ0n) is 29.1. The highest BCUT2D eigenvalue weighted by Crippen LogP contribution is 2.68. The smallest absolute Gasteiger partial charge is 0.417 e. The second kappa shape index (κ2) is 10.3. The zero-order valence-corrected chi connectivity index (χ0v) is 29.1. The van der Waals surface area contributed by atoms with Gasteiger partial charge in [-0.1, -0.05) is 13.8 Å². The monoisotopic (exact) mass is 651 g/mol. The molecule has 6 atom stereocenters. The summed E-state index contributed by atoms with van der Waals surface area (Å²) in [5.41, 5.74) is 1.59. The number of nitrogens with zero attached hydrogens (tertiary/aromatic N) is 3. The van der Waals surface area contributed by atoms with Crippen LogP contribution in [0.3, 0.4) is 0 Å². The van der Waals surface area contributed by atoms with Crippen molar-refractivity contribution < 1.29 is 43.0 Å². The first-order valence-electron chi connectivity index (χ1n) is 16.6. The molecule has 6 amide bonds. The maximum absolute atomic E-state index is 14.3. The van der Waals surface area contributed by atoms with Crippen molar-refractivity contribution in [2.24, 2.45) is 0 Å². The molecule has 3 aliphatic carbocycles. The number of carbonyl (C=O) groups is 6. The average Bonchev–Trinajstić information content (AvgIpc) is 3.59. The number of ether oxygens (including phenoxy) is 3. The Morgan fingerprint density at radius 2 is 0.681 bits per heavy atom. The van der Waals surface area contributed by atoms with Crippen molar-refractivity contribution in [2.75, 3.05) is 0 Å². The molecule has 1 aromatic carbocycles. The van der Waals surface area contributed by atoms with Crippen LogP contribution in [0.25, 0.3) is 0 Å². The maximum Gasteiger partial charge on any atom is 0.417 e. The van der Waals surface area contributed by atoms with Crippen molar-refractivity contribution in [1.82, 2.24) is 14.7 Å². The molecule has 6 aliphatic rings. The molecule has 0 N–H and O–H groups in total. The van der Waals surface area contributed by atoms with Gasteiger partial charge in [-0.25, -0.2) is 29.1 Å². The molecule has 254 valence electrons. The lowest BCUT2D eigenvalue weighted by atomic mass is 9.78. The molecule has 47 heavy (non-hydrogen) atoms. The van der Waals surface area contributed by atoms with E-state index in [0.717, 1.165) is 14.7 Å². The first kappa shape index (κ1) is 33.0. The molecule has 0 fully saturated rings. The summed E-state index contributed by atoms with van der Waals surface area (Å²) in [6.45, 7) is 19.4. The fourth-order valence-electron chi connectivity index (χ4n) is 8.38. The van der Waals surface area contributed by atoms with Crippen LogP contribution in [0.5, 0.6) is 0 Å². The second-order valence-corrected chi connectivity index (χ2v) is 16.0. The summed E-state index contributed by atoms with van der Waals surface area (Å²) < 4.78 is 17.1. The summed E-state index contributed by atoms with van der Waals surface area (Å²) >= 11 is 0. The van der Waals surface area contributed by atoms with Crippen LogP contribution in [0.4, 0.5) is 14.4 Å². The summed E-state index contributed by atoms with van der Waals surface area (Å²) in [5.74, 6) is -3.93. The van der Waals surface area contributed by atoms with Crippen LogP contribution in [0.15, 0.2) is 0 Å². The predicted octanol–water partition coefficient (Wildman–Crippen LogP) is 6.63. The van der Waals surface area contributed by atoms with Crippen LogP contribution in [0, 0.1) is 0 Å². The van der Waals surface area contributed by atoms with Gasteiger partial charge in [0.15, 0.2) is 0 Å². The third kappa shape index (κ3) is 4.76. The number of rotatable bonds is 0. The van der Waals surface area contributed by atoms with E-state index in [0.29, 0.717) is 33.4 Å². The van der Waals surface area contributed by atoms with Gasteiger partial charge < -0.3 is 14.2 Å². The predicted molar refractivity (Wildman–Crippen MR) is 167 cm³/mol. The molecule has 1 unspecified atom stereocenters. The molecule has 3 heterocycles. The van der Waals surface area contributed by atoms with Gasteiger partial charge >= 0.3 is 18.3 Å². The number of hydrogen-bond donors (Lipinski definition) is 0. The van der Waals surface area contributed by atoms with Crippen molar-refractivity contribution >= 4 is 36.0 Å². The topological polar surface area (TPSA) is 140 Å². The van der Waals surface area contributed by atoms with E-state index >= 15 is 0 Å². The number of benzene rings is 1. The number of hydrogen-bond acceptors (Lipinski definition) is 9. The molecule has 0 bridgehead atoms. The lowest BCUT2D eigenvalue weighted by Crippen LogP contribution is -2.47. The van der Waals surface area contributed by atoms with E-state index in [1.165, 1.54) is 0 Å². The van der Waals surface area contributed by atoms with E-state index in [4.69, 9.17) is 14.2 Å². The molecule has 3 aliphatic heterocycles. The number of imide groups is 3. The van der Waals surface area contributed by atoms with Crippen molar-refractivity contribution in [1.29, 1.82) is 0 Å². The zero-order chi connectivity index (χ0) is 34.9. The van der Waals surface area contributed by atoms with Crippen molar-refractivity contribution in [3.05, 3.63) is 33.4 Å². The maximum atomic E-state index is 14.3. The van der Waals surface area contributed by atoms with Crippen LogP contribution in [0.2, 0.25) is 0 Å². The van der Waals surface area contributed by atoms with Crippen LogP contribution in [-0.2, 0) is 28.6 Å². The Morgan fingerprint density at radius 3 is 0.872 bits per heavy atom. The van der Waals surface area contributed by atoms with E-state index in [1.54, 1.807) is 62.3 Å². The third-order valence-electron chi connectivity index (χ3n) is 9.48. The molecular weight excluding hydrogens is 606 g/mol. The van der Waals surface area contributed by atoms with Gasteiger partial charge in [0, 0.05) is 0 Å². The standard InChI is InChI=1S/C33H39N3O9.C2H6/c1-31(2,3)43-28(40)34-16-10-14-20-22(16)19-13(25(34)37)11-17-23(19)21-15(27(39)35(17)29(41)44-32(4,5)6)12-18(24(20)21)36(26(14)38)30(42)45-33(7,8)9;1-2/h13-18H,10-12H2,1-9H3;1-2H3/t13-,14-,15?,16+,17+,18+;/m0./s1. The molecule has 12 nitrogen and oxygen atoms in total. The largest absolute Gasteiger partial charge is 0.443 e. The van der Waals surface area contributed by atoms with Gasteiger partial charge in [-0.15, -0.1) is 0 Å². The fraction of sp³-hybridized carbons (Fsp3) is 0.657. The van der Waals surface area contributed by atoms with Crippen molar-refractivity contribution in [3.8, 4) is 0 Å². The molecule has 0 radical (unpaired) electrons. The minimum Gasteiger partial charge on any atom is -0.443 e. The van der Waals surface area contributed by atoms with E-state index in [-0.39, 0.29) is 19.3 Å². The van der Waals surface area contributed by atoms with Crippen molar-refractivity contribution in [2.45, 2.75) is 148 Å².